The molecule has 0 amide bonds. The van der Waals surface area contributed by atoms with Crippen molar-refractivity contribution in [2.24, 2.45) is 5.73 Å². The van der Waals surface area contributed by atoms with E-state index in [9.17, 15) is 8.42 Å². The molecule has 1 aliphatic rings. The second-order valence-corrected chi connectivity index (χ2v) is 7.17. The van der Waals surface area contributed by atoms with Crippen LogP contribution in [0.5, 0.6) is 0 Å². The fourth-order valence-electron chi connectivity index (χ4n) is 2.31. The number of ether oxygens (including phenoxy) is 1. The number of likely N-dealkylation sites (N-methyl/N-ethyl adjacent to an activating group) is 1. The number of hydrogen-bond acceptors (Lipinski definition) is 4. The second-order valence-electron chi connectivity index (χ2n) is 5.12. The van der Waals surface area contributed by atoms with Gasteiger partial charge in [-0.1, -0.05) is 12.1 Å². The van der Waals surface area contributed by atoms with Gasteiger partial charge in [0.25, 0.3) is 0 Å². The zero-order valence-corrected chi connectivity index (χ0v) is 12.6. The molecule has 5 nitrogen and oxygen atoms in total. The Bertz CT molecular complexity index is 522. The Labute approximate surface area is 120 Å². The van der Waals surface area contributed by atoms with Crippen LogP contribution in [0, 0.1) is 0 Å². The van der Waals surface area contributed by atoms with Crippen LogP contribution in [-0.2, 0) is 21.3 Å². The van der Waals surface area contributed by atoms with Gasteiger partial charge in [0.2, 0.25) is 10.0 Å². The van der Waals surface area contributed by atoms with E-state index in [1.807, 2.05) is 0 Å². The summed E-state index contributed by atoms with van der Waals surface area (Å²) in [5, 5.41) is 0. The first-order chi connectivity index (χ1) is 9.54. The average Bonchev–Trinajstić information content (AvgIpc) is 2.48. The minimum atomic E-state index is -3.45. The highest BCUT2D eigenvalue weighted by atomic mass is 32.2. The van der Waals surface area contributed by atoms with E-state index in [0.29, 0.717) is 18.0 Å². The fraction of sp³-hybridized carbons (Fsp3) is 0.571. The van der Waals surface area contributed by atoms with Gasteiger partial charge in [0.15, 0.2) is 0 Å². The van der Waals surface area contributed by atoms with Crippen molar-refractivity contribution in [1.82, 2.24) is 4.31 Å². The standard InChI is InChI=1S/C14H22N2O3S/c1-16(11-13-4-2-3-9-19-13)20(17,18)14-7-5-12(10-15)6-8-14/h5-8,13H,2-4,9-11,15H2,1H3. The van der Waals surface area contributed by atoms with E-state index in [1.165, 1.54) is 4.31 Å². The maximum atomic E-state index is 12.4. The number of benzene rings is 1. The normalized spacial score (nSPS) is 20.2. The van der Waals surface area contributed by atoms with Crippen LogP contribution in [-0.4, -0.2) is 39.0 Å². The topological polar surface area (TPSA) is 72.6 Å². The molecule has 1 aromatic carbocycles. The van der Waals surface area contributed by atoms with Crippen LogP contribution in [0.1, 0.15) is 24.8 Å². The Morgan fingerprint density at radius 2 is 2.00 bits per heavy atom. The molecule has 1 aliphatic heterocycles. The Morgan fingerprint density at radius 3 is 2.55 bits per heavy atom. The van der Waals surface area contributed by atoms with E-state index in [4.69, 9.17) is 10.5 Å². The third kappa shape index (κ3) is 3.58. The number of hydrogen-bond donors (Lipinski definition) is 1. The molecule has 0 saturated carbocycles. The molecular formula is C14H22N2O3S. The third-order valence-corrected chi connectivity index (χ3v) is 5.44. The van der Waals surface area contributed by atoms with Gasteiger partial charge in [0.1, 0.15) is 0 Å². The monoisotopic (exact) mass is 298 g/mol. The lowest BCUT2D eigenvalue weighted by Gasteiger charge is -2.27. The van der Waals surface area contributed by atoms with Crippen molar-refractivity contribution in [3.05, 3.63) is 29.8 Å². The Balaban J connectivity index is 2.07. The van der Waals surface area contributed by atoms with Crippen LogP contribution in [0.4, 0.5) is 0 Å². The second kappa shape index (κ2) is 6.67. The Morgan fingerprint density at radius 1 is 1.30 bits per heavy atom. The van der Waals surface area contributed by atoms with Crippen molar-refractivity contribution in [3.63, 3.8) is 0 Å². The number of sulfonamides is 1. The molecular weight excluding hydrogens is 276 g/mol. The summed E-state index contributed by atoms with van der Waals surface area (Å²) >= 11 is 0. The van der Waals surface area contributed by atoms with Gasteiger partial charge in [-0.05, 0) is 37.0 Å². The van der Waals surface area contributed by atoms with Gasteiger partial charge in [-0.3, -0.25) is 0 Å². The van der Waals surface area contributed by atoms with Crippen LogP contribution in [0.2, 0.25) is 0 Å². The molecule has 2 rings (SSSR count). The summed E-state index contributed by atoms with van der Waals surface area (Å²) in [6.07, 6.45) is 3.09. The average molecular weight is 298 g/mol. The molecule has 0 bridgehead atoms. The molecule has 112 valence electrons. The maximum Gasteiger partial charge on any atom is 0.242 e. The molecule has 2 N–H and O–H groups in total. The molecule has 0 radical (unpaired) electrons. The number of rotatable bonds is 5. The van der Waals surface area contributed by atoms with Crippen molar-refractivity contribution >= 4 is 10.0 Å². The van der Waals surface area contributed by atoms with Crippen molar-refractivity contribution < 1.29 is 13.2 Å². The molecule has 1 unspecified atom stereocenters. The summed E-state index contributed by atoms with van der Waals surface area (Å²) in [5.74, 6) is 0. The lowest BCUT2D eigenvalue weighted by atomic mass is 10.1. The van der Waals surface area contributed by atoms with Gasteiger partial charge < -0.3 is 10.5 Å². The minimum absolute atomic E-state index is 0.00633. The van der Waals surface area contributed by atoms with Crippen LogP contribution in [0.15, 0.2) is 29.2 Å². The SMILES string of the molecule is CN(CC1CCCCO1)S(=O)(=O)c1ccc(CN)cc1. The van der Waals surface area contributed by atoms with Crippen molar-refractivity contribution in [2.45, 2.75) is 36.8 Å². The number of nitrogens with zero attached hydrogens (tertiary/aromatic N) is 1. The molecule has 1 atom stereocenters. The molecule has 0 spiro atoms. The van der Waals surface area contributed by atoms with Crippen LogP contribution in [0.3, 0.4) is 0 Å². The van der Waals surface area contributed by atoms with E-state index in [0.717, 1.165) is 31.4 Å². The first-order valence-electron chi connectivity index (χ1n) is 6.91. The summed E-state index contributed by atoms with van der Waals surface area (Å²) in [6.45, 7) is 1.54. The molecule has 1 heterocycles. The van der Waals surface area contributed by atoms with Gasteiger partial charge in [-0.25, -0.2) is 8.42 Å². The first kappa shape index (κ1) is 15.4. The van der Waals surface area contributed by atoms with E-state index in [2.05, 4.69) is 0 Å². The molecule has 1 fully saturated rings. The summed E-state index contributed by atoms with van der Waals surface area (Å²) in [7, 11) is -1.85. The molecule has 1 aromatic rings. The van der Waals surface area contributed by atoms with Gasteiger partial charge >= 0.3 is 0 Å². The van der Waals surface area contributed by atoms with Crippen molar-refractivity contribution in [3.8, 4) is 0 Å². The zero-order chi connectivity index (χ0) is 14.6. The summed E-state index contributed by atoms with van der Waals surface area (Å²) in [6, 6.07) is 6.71. The van der Waals surface area contributed by atoms with Gasteiger partial charge in [0, 0.05) is 26.7 Å². The quantitative estimate of drug-likeness (QED) is 0.890. The van der Waals surface area contributed by atoms with E-state index in [1.54, 1.807) is 31.3 Å². The van der Waals surface area contributed by atoms with Crippen LogP contribution in [0.25, 0.3) is 0 Å². The van der Waals surface area contributed by atoms with Crippen molar-refractivity contribution in [2.75, 3.05) is 20.2 Å². The summed E-state index contributed by atoms with van der Waals surface area (Å²) < 4.78 is 31.9. The molecule has 20 heavy (non-hydrogen) atoms. The van der Waals surface area contributed by atoms with Gasteiger partial charge in [0.05, 0.1) is 11.0 Å². The third-order valence-electron chi connectivity index (χ3n) is 3.60. The fourth-order valence-corrected chi connectivity index (χ4v) is 3.52. The molecule has 6 heteroatoms. The molecule has 1 saturated heterocycles. The molecule has 0 aliphatic carbocycles. The van der Waals surface area contributed by atoms with E-state index in [-0.39, 0.29) is 6.10 Å². The van der Waals surface area contributed by atoms with E-state index < -0.39 is 10.0 Å². The predicted octanol–water partition coefficient (Wildman–Crippen LogP) is 1.33. The number of nitrogens with two attached hydrogens (primary N) is 1. The Kier molecular flexibility index (Phi) is 5.15. The minimum Gasteiger partial charge on any atom is -0.377 e. The first-order valence-corrected chi connectivity index (χ1v) is 8.35. The highest BCUT2D eigenvalue weighted by Crippen LogP contribution is 2.19. The van der Waals surface area contributed by atoms with Crippen LogP contribution < -0.4 is 5.73 Å². The molecule has 0 aromatic heterocycles. The highest BCUT2D eigenvalue weighted by molar-refractivity contribution is 7.89. The predicted molar refractivity (Wildman–Crippen MR) is 77.7 cm³/mol. The zero-order valence-electron chi connectivity index (χ0n) is 11.8. The van der Waals surface area contributed by atoms with Gasteiger partial charge in [-0.15, -0.1) is 0 Å². The largest absolute Gasteiger partial charge is 0.377 e. The van der Waals surface area contributed by atoms with Crippen LogP contribution >= 0.6 is 0 Å². The maximum absolute atomic E-state index is 12.4. The Hall–Kier alpha value is -0.950. The lowest BCUT2D eigenvalue weighted by Crippen LogP contribution is -2.37. The smallest absolute Gasteiger partial charge is 0.242 e. The summed E-state index contributed by atoms with van der Waals surface area (Å²) in [5.41, 5.74) is 6.43. The summed E-state index contributed by atoms with van der Waals surface area (Å²) in [4.78, 5) is 0.299. The lowest BCUT2D eigenvalue weighted by molar-refractivity contribution is 0.00858. The van der Waals surface area contributed by atoms with E-state index >= 15 is 0 Å². The highest BCUT2D eigenvalue weighted by Gasteiger charge is 2.25. The van der Waals surface area contributed by atoms with Gasteiger partial charge in [-0.2, -0.15) is 4.31 Å². The van der Waals surface area contributed by atoms with Crippen molar-refractivity contribution in [1.29, 1.82) is 0 Å².